The summed E-state index contributed by atoms with van der Waals surface area (Å²) in [6.07, 6.45) is 1.43. The summed E-state index contributed by atoms with van der Waals surface area (Å²) in [5.74, 6) is -4.36. The Morgan fingerprint density at radius 3 is 2.38 bits per heavy atom. The lowest BCUT2D eigenvalue weighted by atomic mass is 9.92. The molecule has 0 bridgehead atoms. The lowest BCUT2D eigenvalue weighted by Gasteiger charge is -2.15. The van der Waals surface area contributed by atoms with Crippen molar-refractivity contribution >= 4 is 22.7 Å². The normalized spacial score (nSPS) is 10.9. The lowest BCUT2D eigenvalue weighted by Crippen LogP contribution is -2.21. The van der Waals surface area contributed by atoms with E-state index in [2.05, 4.69) is 15.1 Å². The molecule has 0 aliphatic heterocycles. The standard InChI is InChI=1S/C23H17F2N7O2/c1-10-18(11(2)32(31-10)9-13-4-3-12(7-26)8-29-13)20-19(22(27)33)14-5-15(24)16(25)6-17(14)30-21(20)23(28)34/h3-6,8H,9H2,1-2H3,(H2,27,33)(H2,28,34). The molecule has 3 heterocycles. The van der Waals surface area contributed by atoms with E-state index in [0.717, 1.165) is 12.1 Å². The van der Waals surface area contributed by atoms with Crippen LogP contribution in [0.4, 0.5) is 8.78 Å². The number of fused-ring (bicyclic) bond motifs is 1. The number of carbonyl (C=O) groups excluding carboxylic acids is 2. The smallest absolute Gasteiger partial charge is 0.267 e. The van der Waals surface area contributed by atoms with Crippen molar-refractivity contribution in [2.24, 2.45) is 11.5 Å². The number of hydrogen-bond acceptors (Lipinski definition) is 6. The molecule has 4 N–H and O–H groups in total. The molecule has 0 saturated carbocycles. The van der Waals surface area contributed by atoms with E-state index >= 15 is 0 Å². The van der Waals surface area contributed by atoms with Crippen molar-refractivity contribution in [2.75, 3.05) is 0 Å². The highest BCUT2D eigenvalue weighted by atomic mass is 19.2. The third kappa shape index (κ3) is 3.71. The summed E-state index contributed by atoms with van der Waals surface area (Å²) < 4.78 is 29.5. The van der Waals surface area contributed by atoms with Crippen molar-refractivity contribution < 1.29 is 18.4 Å². The maximum Gasteiger partial charge on any atom is 0.267 e. The fourth-order valence-electron chi connectivity index (χ4n) is 3.89. The fraction of sp³-hybridized carbons (Fsp3) is 0.130. The number of hydrogen-bond donors (Lipinski definition) is 2. The van der Waals surface area contributed by atoms with Gasteiger partial charge in [-0.25, -0.2) is 13.8 Å². The monoisotopic (exact) mass is 461 g/mol. The molecule has 0 saturated heterocycles. The van der Waals surface area contributed by atoms with Gasteiger partial charge in [0.1, 0.15) is 11.8 Å². The number of halogens is 2. The van der Waals surface area contributed by atoms with Crippen LogP contribution in [-0.4, -0.2) is 31.6 Å². The quantitative estimate of drug-likeness (QED) is 0.465. The molecule has 34 heavy (non-hydrogen) atoms. The van der Waals surface area contributed by atoms with E-state index < -0.39 is 23.4 Å². The number of amides is 2. The molecule has 3 aromatic heterocycles. The minimum absolute atomic E-state index is 0.00690. The van der Waals surface area contributed by atoms with E-state index in [1.165, 1.54) is 6.20 Å². The molecule has 0 aliphatic rings. The predicted molar refractivity (Wildman–Crippen MR) is 117 cm³/mol. The molecule has 0 fully saturated rings. The number of benzene rings is 1. The number of rotatable bonds is 5. The van der Waals surface area contributed by atoms with Gasteiger partial charge in [-0.05, 0) is 32.0 Å². The van der Waals surface area contributed by atoms with Gasteiger partial charge in [0.05, 0.1) is 34.6 Å². The zero-order valence-electron chi connectivity index (χ0n) is 18.1. The first-order valence-electron chi connectivity index (χ1n) is 9.94. The maximum atomic E-state index is 14.1. The van der Waals surface area contributed by atoms with E-state index in [4.69, 9.17) is 16.7 Å². The first-order valence-corrected chi connectivity index (χ1v) is 9.94. The van der Waals surface area contributed by atoms with Crippen LogP contribution in [0.1, 0.15) is 43.5 Å². The van der Waals surface area contributed by atoms with Crippen molar-refractivity contribution in [1.82, 2.24) is 19.7 Å². The summed E-state index contributed by atoms with van der Waals surface area (Å²) in [7, 11) is 0. The molecule has 0 unspecified atom stereocenters. The Balaban J connectivity index is 1.99. The molecule has 4 aromatic rings. The van der Waals surface area contributed by atoms with Gasteiger partial charge in [-0.15, -0.1) is 0 Å². The second kappa shape index (κ2) is 8.32. The number of aryl methyl sites for hydroxylation is 1. The Morgan fingerprint density at radius 2 is 1.79 bits per heavy atom. The molecule has 0 radical (unpaired) electrons. The average Bonchev–Trinajstić information content (AvgIpc) is 3.06. The van der Waals surface area contributed by atoms with Gasteiger partial charge >= 0.3 is 0 Å². The van der Waals surface area contributed by atoms with Crippen LogP contribution in [0.15, 0.2) is 30.5 Å². The fourth-order valence-corrected chi connectivity index (χ4v) is 3.89. The third-order valence-corrected chi connectivity index (χ3v) is 5.40. The van der Waals surface area contributed by atoms with Gasteiger partial charge in [0.25, 0.3) is 5.91 Å². The molecule has 1 aromatic carbocycles. The summed E-state index contributed by atoms with van der Waals surface area (Å²) in [5, 5.41) is 13.4. The van der Waals surface area contributed by atoms with Crippen molar-refractivity contribution in [3.05, 3.63) is 76.0 Å². The molecule has 170 valence electrons. The van der Waals surface area contributed by atoms with Gasteiger partial charge in [-0.2, -0.15) is 10.4 Å². The molecule has 11 heteroatoms. The molecular formula is C23H17F2N7O2. The molecule has 4 rings (SSSR count). The number of primary amides is 2. The number of pyridine rings is 2. The second-order valence-corrected chi connectivity index (χ2v) is 7.58. The van der Waals surface area contributed by atoms with Crippen molar-refractivity contribution in [2.45, 2.75) is 20.4 Å². The zero-order valence-corrected chi connectivity index (χ0v) is 18.1. The SMILES string of the molecule is Cc1nn(Cc2ccc(C#N)cn2)c(C)c1-c1c(C(N)=O)nc2cc(F)c(F)cc2c1C(N)=O. The van der Waals surface area contributed by atoms with Gasteiger partial charge in [-0.1, -0.05) is 0 Å². The van der Waals surface area contributed by atoms with Gasteiger partial charge < -0.3 is 11.5 Å². The Hall–Kier alpha value is -4.72. The van der Waals surface area contributed by atoms with Gasteiger partial charge in [0, 0.05) is 34.5 Å². The Kier molecular flexibility index (Phi) is 5.50. The first-order chi connectivity index (χ1) is 16.1. The Labute approximate surface area is 191 Å². The van der Waals surface area contributed by atoms with Gasteiger partial charge in [0.2, 0.25) is 5.91 Å². The van der Waals surface area contributed by atoms with Crippen LogP contribution in [0.5, 0.6) is 0 Å². The predicted octanol–water partition coefficient (Wildman–Crippen LogP) is 2.51. The van der Waals surface area contributed by atoms with Gasteiger partial charge in [-0.3, -0.25) is 19.3 Å². The van der Waals surface area contributed by atoms with E-state index in [-0.39, 0.29) is 34.3 Å². The molecule has 9 nitrogen and oxygen atoms in total. The summed E-state index contributed by atoms with van der Waals surface area (Å²) in [5.41, 5.74) is 12.8. The Morgan fingerprint density at radius 1 is 1.09 bits per heavy atom. The lowest BCUT2D eigenvalue weighted by molar-refractivity contribution is 0.0996. The average molecular weight is 461 g/mol. The van der Waals surface area contributed by atoms with E-state index in [1.807, 2.05) is 6.07 Å². The Bertz CT molecular complexity index is 1540. The summed E-state index contributed by atoms with van der Waals surface area (Å²) in [6.45, 7) is 3.57. The second-order valence-electron chi connectivity index (χ2n) is 7.58. The summed E-state index contributed by atoms with van der Waals surface area (Å²) >= 11 is 0. The van der Waals surface area contributed by atoms with E-state index in [9.17, 15) is 18.4 Å². The van der Waals surface area contributed by atoms with Crippen LogP contribution in [0.25, 0.3) is 22.0 Å². The number of nitriles is 1. The van der Waals surface area contributed by atoms with Crippen LogP contribution in [-0.2, 0) is 6.54 Å². The summed E-state index contributed by atoms with van der Waals surface area (Å²) in [4.78, 5) is 33.2. The van der Waals surface area contributed by atoms with Crippen molar-refractivity contribution in [3.63, 3.8) is 0 Å². The van der Waals surface area contributed by atoms with E-state index in [0.29, 0.717) is 28.2 Å². The highest BCUT2D eigenvalue weighted by molar-refractivity contribution is 6.15. The molecule has 0 aliphatic carbocycles. The van der Waals surface area contributed by atoms with Crippen LogP contribution < -0.4 is 11.5 Å². The van der Waals surface area contributed by atoms with Crippen LogP contribution in [0.3, 0.4) is 0 Å². The molecule has 2 amide bonds. The number of carbonyl (C=O) groups is 2. The highest BCUT2D eigenvalue weighted by Crippen LogP contribution is 2.36. The minimum atomic E-state index is -1.20. The highest BCUT2D eigenvalue weighted by Gasteiger charge is 2.28. The van der Waals surface area contributed by atoms with Gasteiger partial charge in [0.15, 0.2) is 11.6 Å². The van der Waals surface area contributed by atoms with Crippen LogP contribution in [0, 0.1) is 36.8 Å². The van der Waals surface area contributed by atoms with Crippen molar-refractivity contribution in [1.29, 1.82) is 5.26 Å². The van der Waals surface area contributed by atoms with Crippen LogP contribution >= 0.6 is 0 Å². The summed E-state index contributed by atoms with van der Waals surface area (Å²) in [6, 6.07) is 6.86. The zero-order chi connectivity index (χ0) is 24.7. The van der Waals surface area contributed by atoms with Crippen molar-refractivity contribution in [3.8, 4) is 17.2 Å². The number of aromatic nitrogens is 4. The number of nitrogens with zero attached hydrogens (tertiary/aromatic N) is 5. The molecule has 0 atom stereocenters. The first kappa shape index (κ1) is 22.5. The minimum Gasteiger partial charge on any atom is -0.366 e. The maximum absolute atomic E-state index is 14.1. The topological polar surface area (TPSA) is 154 Å². The largest absolute Gasteiger partial charge is 0.366 e. The molecule has 0 spiro atoms. The van der Waals surface area contributed by atoms with Crippen LogP contribution in [0.2, 0.25) is 0 Å². The molecular weight excluding hydrogens is 444 g/mol. The van der Waals surface area contributed by atoms with E-state index in [1.54, 1.807) is 30.7 Å². The third-order valence-electron chi connectivity index (χ3n) is 5.40. The number of nitrogens with two attached hydrogens (primary N) is 2.